The zero-order chi connectivity index (χ0) is 31.1. The van der Waals surface area contributed by atoms with Gasteiger partial charge < -0.3 is 34.6 Å². The number of rotatable bonds is 10. The van der Waals surface area contributed by atoms with E-state index in [1.807, 2.05) is 20.8 Å². The Balaban J connectivity index is 1.97. The molecular formula is C27H41F3N6O6. The Morgan fingerprint density at radius 3 is 2.45 bits per heavy atom. The minimum atomic E-state index is -4.57. The quantitative estimate of drug-likeness (QED) is 0.387. The zero-order valence-electron chi connectivity index (χ0n) is 24.6. The van der Waals surface area contributed by atoms with E-state index in [0.29, 0.717) is 51.7 Å². The van der Waals surface area contributed by atoms with Crippen LogP contribution >= 0.6 is 0 Å². The Morgan fingerprint density at radius 1 is 1.17 bits per heavy atom. The van der Waals surface area contributed by atoms with Crippen LogP contribution in [-0.4, -0.2) is 126 Å². The first-order valence-corrected chi connectivity index (χ1v) is 14.0. The van der Waals surface area contributed by atoms with Crippen molar-refractivity contribution in [2.75, 3.05) is 71.5 Å². The summed E-state index contributed by atoms with van der Waals surface area (Å²) in [5.74, 6) is -1.31. The lowest BCUT2D eigenvalue weighted by atomic mass is 9.91. The van der Waals surface area contributed by atoms with Crippen molar-refractivity contribution in [3.05, 3.63) is 17.6 Å². The molecule has 236 valence electrons. The Bertz CT molecular complexity index is 1090. The monoisotopic (exact) mass is 602 g/mol. The second-order valence-corrected chi connectivity index (χ2v) is 11.6. The largest absolute Gasteiger partial charge is 0.465 e. The first-order valence-electron chi connectivity index (χ1n) is 14.0. The summed E-state index contributed by atoms with van der Waals surface area (Å²) in [5.41, 5.74) is -0.509. The molecule has 0 radical (unpaired) electrons. The maximum Gasteiger partial charge on any atom is 0.407 e. The van der Waals surface area contributed by atoms with Crippen LogP contribution in [0.3, 0.4) is 0 Å². The van der Waals surface area contributed by atoms with Crippen LogP contribution in [0.15, 0.2) is 6.20 Å². The van der Waals surface area contributed by atoms with E-state index in [1.165, 1.54) is 6.20 Å². The normalized spacial score (nSPS) is 19.9. The van der Waals surface area contributed by atoms with Crippen molar-refractivity contribution in [1.29, 1.82) is 0 Å². The van der Waals surface area contributed by atoms with Crippen molar-refractivity contribution in [1.82, 2.24) is 24.7 Å². The molecule has 0 bridgehead atoms. The fourth-order valence-electron chi connectivity index (χ4n) is 4.98. The summed E-state index contributed by atoms with van der Waals surface area (Å²) in [4.78, 5) is 51.9. The standard InChI is InChI=1S/C27H41F3N6O6/c1-26(2,3)24-32-15-20(21(33-24)31-7-5-11-41-4)23(38)36(8-6-27(28,29)30)19-14-18(16-35(17-19)25(39)40)22(37)34-9-12-42-13-10-34/h15,18-19H,5-14,16-17H2,1-4H3,(H,39,40)(H,31,32,33)/t18-,19+/m1/s1. The molecule has 2 aliphatic heterocycles. The van der Waals surface area contributed by atoms with Crippen molar-refractivity contribution in [2.24, 2.45) is 5.92 Å². The number of amides is 3. The fourth-order valence-corrected chi connectivity index (χ4v) is 4.98. The number of halogens is 3. The summed E-state index contributed by atoms with van der Waals surface area (Å²) in [5, 5.41) is 12.9. The number of likely N-dealkylation sites (tertiary alicyclic amines) is 1. The highest BCUT2D eigenvalue weighted by Crippen LogP contribution is 2.29. The van der Waals surface area contributed by atoms with E-state index in [4.69, 9.17) is 9.47 Å². The van der Waals surface area contributed by atoms with Gasteiger partial charge in [0.1, 0.15) is 17.2 Å². The number of nitrogens with one attached hydrogen (secondary N) is 1. The highest BCUT2D eigenvalue weighted by Gasteiger charge is 2.41. The minimum Gasteiger partial charge on any atom is -0.465 e. The molecule has 1 aromatic heterocycles. The molecule has 0 spiro atoms. The molecule has 0 unspecified atom stereocenters. The van der Waals surface area contributed by atoms with Crippen molar-refractivity contribution >= 4 is 23.7 Å². The van der Waals surface area contributed by atoms with Crippen molar-refractivity contribution in [3.63, 3.8) is 0 Å². The average molecular weight is 603 g/mol. The number of carbonyl (C=O) groups excluding carboxylic acids is 2. The summed E-state index contributed by atoms with van der Waals surface area (Å²) in [6.07, 6.45) is -5.30. The molecule has 1 aromatic rings. The van der Waals surface area contributed by atoms with Gasteiger partial charge in [-0.3, -0.25) is 9.59 Å². The average Bonchev–Trinajstić information content (AvgIpc) is 2.94. The van der Waals surface area contributed by atoms with Crippen LogP contribution in [0, 0.1) is 5.92 Å². The molecule has 3 amide bonds. The topological polar surface area (TPSA) is 137 Å². The molecule has 3 heterocycles. The van der Waals surface area contributed by atoms with E-state index in [9.17, 15) is 32.7 Å². The molecule has 0 saturated carbocycles. The third-order valence-corrected chi connectivity index (χ3v) is 7.22. The lowest BCUT2D eigenvalue weighted by molar-refractivity contribution is -0.144. The number of methoxy groups -OCH3 is 1. The number of morpholine rings is 1. The number of nitrogens with zero attached hydrogens (tertiary/aromatic N) is 5. The van der Waals surface area contributed by atoms with Crippen LogP contribution in [0.2, 0.25) is 0 Å². The van der Waals surface area contributed by atoms with E-state index < -0.39 is 48.5 Å². The highest BCUT2D eigenvalue weighted by atomic mass is 19.4. The lowest BCUT2D eigenvalue weighted by Crippen LogP contribution is -2.57. The smallest absolute Gasteiger partial charge is 0.407 e. The van der Waals surface area contributed by atoms with Gasteiger partial charge in [0, 0.05) is 64.6 Å². The van der Waals surface area contributed by atoms with Crippen LogP contribution in [0.1, 0.15) is 56.2 Å². The van der Waals surface area contributed by atoms with Crippen LogP contribution < -0.4 is 5.32 Å². The number of anilines is 1. The van der Waals surface area contributed by atoms with E-state index >= 15 is 0 Å². The maximum atomic E-state index is 14.0. The Hall–Kier alpha value is -3.20. The lowest BCUT2D eigenvalue weighted by Gasteiger charge is -2.43. The number of carbonyl (C=O) groups is 3. The predicted molar refractivity (Wildman–Crippen MR) is 146 cm³/mol. The van der Waals surface area contributed by atoms with Crippen LogP contribution in [0.4, 0.5) is 23.8 Å². The van der Waals surface area contributed by atoms with Gasteiger partial charge in [0.15, 0.2) is 0 Å². The first-order chi connectivity index (χ1) is 19.7. The van der Waals surface area contributed by atoms with E-state index in [0.717, 1.165) is 9.80 Å². The summed E-state index contributed by atoms with van der Waals surface area (Å²) in [7, 11) is 1.55. The molecule has 3 rings (SSSR count). The SMILES string of the molecule is COCCCNc1nc(C(C)(C)C)ncc1C(=O)N(CCC(F)(F)F)[C@H]1C[C@@H](C(=O)N2CCOCC2)CN(C(=O)O)C1. The second-order valence-electron chi connectivity index (χ2n) is 11.6. The number of hydrogen-bond acceptors (Lipinski definition) is 8. The molecule has 12 nitrogen and oxygen atoms in total. The minimum absolute atomic E-state index is 0.0150. The van der Waals surface area contributed by atoms with E-state index in [1.54, 1.807) is 12.0 Å². The Kier molecular flexibility index (Phi) is 11.4. The Morgan fingerprint density at radius 2 is 1.86 bits per heavy atom. The number of alkyl halides is 3. The molecule has 0 aromatic carbocycles. The Labute approximate surface area is 243 Å². The molecule has 2 saturated heterocycles. The van der Waals surface area contributed by atoms with E-state index in [-0.39, 0.29) is 36.8 Å². The van der Waals surface area contributed by atoms with Gasteiger partial charge in [0.2, 0.25) is 5.91 Å². The van der Waals surface area contributed by atoms with Crippen molar-refractivity contribution in [2.45, 2.75) is 57.7 Å². The van der Waals surface area contributed by atoms with Crippen LogP contribution in [0.5, 0.6) is 0 Å². The molecule has 2 atom stereocenters. The number of hydrogen-bond donors (Lipinski definition) is 2. The van der Waals surface area contributed by atoms with Gasteiger partial charge >= 0.3 is 12.3 Å². The van der Waals surface area contributed by atoms with Gasteiger partial charge in [-0.05, 0) is 12.8 Å². The zero-order valence-corrected chi connectivity index (χ0v) is 24.6. The molecule has 42 heavy (non-hydrogen) atoms. The van der Waals surface area contributed by atoms with Gasteiger partial charge in [-0.2, -0.15) is 13.2 Å². The van der Waals surface area contributed by atoms with Gasteiger partial charge in [-0.1, -0.05) is 20.8 Å². The summed E-state index contributed by atoms with van der Waals surface area (Å²) < 4.78 is 50.7. The molecule has 0 aliphatic carbocycles. The first kappa shape index (κ1) is 33.3. The number of aromatic nitrogens is 2. The van der Waals surface area contributed by atoms with Gasteiger partial charge in [0.25, 0.3) is 5.91 Å². The maximum absolute atomic E-state index is 14.0. The van der Waals surface area contributed by atoms with Crippen molar-refractivity contribution < 1.29 is 42.1 Å². The third-order valence-electron chi connectivity index (χ3n) is 7.22. The van der Waals surface area contributed by atoms with Gasteiger partial charge in [0.05, 0.1) is 31.6 Å². The number of piperidine rings is 1. The predicted octanol–water partition coefficient (Wildman–Crippen LogP) is 2.84. The molecule has 2 fully saturated rings. The molecule has 2 aliphatic rings. The van der Waals surface area contributed by atoms with Crippen LogP contribution in [-0.2, 0) is 19.7 Å². The molecule has 15 heteroatoms. The van der Waals surface area contributed by atoms with Crippen molar-refractivity contribution in [3.8, 4) is 0 Å². The summed E-state index contributed by atoms with van der Waals surface area (Å²) in [6.45, 7) is 6.77. The third kappa shape index (κ3) is 9.15. The summed E-state index contributed by atoms with van der Waals surface area (Å²) in [6, 6.07) is -0.983. The highest BCUT2D eigenvalue weighted by molar-refractivity contribution is 5.98. The van der Waals surface area contributed by atoms with Gasteiger partial charge in [-0.25, -0.2) is 14.8 Å². The number of ether oxygens (including phenoxy) is 2. The summed E-state index contributed by atoms with van der Waals surface area (Å²) >= 11 is 0. The second kappa shape index (κ2) is 14.3. The fraction of sp³-hybridized carbons (Fsp3) is 0.741. The molecular weight excluding hydrogens is 561 g/mol. The number of carboxylic acid groups (broad SMARTS) is 1. The molecule has 2 N–H and O–H groups in total. The van der Waals surface area contributed by atoms with Crippen LogP contribution in [0.25, 0.3) is 0 Å². The van der Waals surface area contributed by atoms with E-state index in [2.05, 4.69) is 15.3 Å². The van der Waals surface area contributed by atoms with Gasteiger partial charge in [-0.15, -0.1) is 0 Å².